The molecule has 0 bridgehead atoms. The Kier molecular flexibility index (Phi) is 3.92. The summed E-state index contributed by atoms with van der Waals surface area (Å²) in [6.45, 7) is 0.181. The number of hydrogen-bond donors (Lipinski definition) is 2. The van der Waals surface area contributed by atoms with Crippen molar-refractivity contribution >= 4 is 16.7 Å². The number of rotatable bonds is 4. The van der Waals surface area contributed by atoms with Crippen molar-refractivity contribution in [1.82, 2.24) is 15.0 Å². The first-order chi connectivity index (χ1) is 11.8. The summed E-state index contributed by atoms with van der Waals surface area (Å²) in [7, 11) is 0. The molecule has 0 radical (unpaired) electrons. The second kappa shape index (κ2) is 6.37. The van der Waals surface area contributed by atoms with Crippen LogP contribution in [0, 0.1) is 5.92 Å². The second-order valence-corrected chi connectivity index (χ2v) is 5.97. The molecule has 3 aromatic rings. The maximum Gasteiger partial charge on any atom is 0.163 e. The summed E-state index contributed by atoms with van der Waals surface area (Å²) in [6, 6.07) is 12.0. The summed E-state index contributed by atoms with van der Waals surface area (Å²) in [5.74, 6) is 1.69. The number of nitrogens with zero attached hydrogens (tertiary/aromatic N) is 3. The number of anilines is 1. The number of pyridine rings is 1. The Morgan fingerprint density at radius 2 is 2.00 bits per heavy atom. The van der Waals surface area contributed by atoms with Crippen molar-refractivity contribution in [2.75, 3.05) is 11.9 Å². The number of benzene rings is 1. The van der Waals surface area contributed by atoms with Crippen LogP contribution in [0.2, 0.25) is 0 Å². The summed E-state index contributed by atoms with van der Waals surface area (Å²) >= 11 is 0. The van der Waals surface area contributed by atoms with Crippen LogP contribution in [-0.2, 0) is 0 Å². The van der Waals surface area contributed by atoms with Crippen LogP contribution in [0.1, 0.15) is 6.42 Å². The van der Waals surface area contributed by atoms with E-state index in [1.807, 2.05) is 36.4 Å². The van der Waals surface area contributed by atoms with Crippen LogP contribution >= 0.6 is 0 Å². The Labute approximate surface area is 140 Å². The molecule has 4 rings (SSSR count). The van der Waals surface area contributed by atoms with Crippen molar-refractivity contribution in [3.63, 3.8) is 0 Å². The van der Waals surface area contributed by atoms with Crippen molar-refractivity contribution in [2.45, 2.75) is 12.5 Å². The monoisotopic (exact) mass is 318 g/mol. The lowest BCUT2D eigenvalue weighted by atomic mass is 10.1. The fourth-order valence-electron chi connectivity index (χ4n) is 3.00. The van der Waals surface area contributed by atoms with Gasteiger partial charge in [0.1, 0.15) is 5.82 Å². The zero-order valence-corrected chi connectivity index (χ0v) is 13.1. The van der Waals surface area contributed by atoms with Crippen molar-refractivity contribution in [3.05, 3.63) is 60.9 Å². The predicted molar refractivity (Wildman–Crippen MR) is 94.5 cm³/mol. The van der Waals surface area contributed by atoms with Crippen molar-refractivity contribution in [2.24, 2.45) is 5.92 Å². The van der Waals surface area contributed by atoms with E-state index < -0.39 is 0 Å². The van der Waals surface area contributed by atoms with Crippen LogP contribution < -0.4 is 5.32 Å². The Bertz CT molecular complexity index is 879. The van der Waals surface area contributed by atoms with E-state index in [0.717, 1.165) is 28.7 Å². The summed E-state index contributed by atoms with van der Waals surface area (Å²) in [5.41, 5.74) is 1.79. The maximum atomic E-state index is 9.30. The van der Waals surface area contributed by atoms with Gasteiger partial charge >= 0.3 is 0 Å². The summed E-state index contributed by atoms with van der Waals surface area (Å²) in [4.78, 5) is 13.5. The van der Waals surface area contributed by atoms with Crippen molar-refractivity contribution in [3.8, 4) is 11.4 Å². The normalized spacial score (nSPS) is 19.7. The molecule has 0 fully saturated rings. The van der Waals surface area contributed by atoms with Gasteiger partial charge in [-0.3, -0.25) is 4.98 Å². The molecule has 0 aliphatic heterocycles. The van der Waals surface area contributed by atoms with E-state index >= 15 is 0 Å². The molecule has 0 spiro atoms. The van der Waals surface area contributed by atoms with Gasteiger partial charge in [-0.2, -0.15) is 0 Å². The topological polar surface area (TPSA) is 70.9 Å². The van der Waals surface area contributed by atoms with Gasteiger partial charge in [-0.05, 0) is 30.7 Å². The molecule has 2 aromatic heterocycles. The molecule has 0 amide bonds. The third-order valence-electron chi connectivity index (χ3n) is 4.25. The minimum absolute atomic E-state index is 0.169. The highest BCUT2D eigenvalue weighted by molar-refractivity contribution is 5.90. The lowest BCUT2D eigenvalue weighted by molar-refractivity contribution is 0.250. The SMILES string of the molecule is OC[C@H]1C=C[C@@H](Nc2nc(-c3cccnc3)nc3ccccc23)C1. The molecule has 0 saturated carbocycles. The third kappa shape index (κ3) is 2.86. The molecule has 120 valence electrons. The molecule has 2 heterocycles. The van der Waals surface area contributed by atoms with Crippen molar-refractivity contribution < 1.29 is 5.11 Å². The van der Waals surface area contributed by atoms with Gasteiger partial charge in [-0.15, -0.1) is 0 Å². The van der Waals surface area contributed by atoms with Crippen LogP contribution in [0.5, 0.6) is 0 Å². The fraction of sp³-hybridized carbons (Fsp3) is 0.211. The minimum atomic E-state index is 0.169. The zero-order chi connectivity index (χ0) is 16.4. The second-order valence-electron chi connectivity index (χ2n) is 5.97. The Hall–Kier alpha value is -2.79. The van der Waals surface area contributed by atoms with Crippen LogP contribution in [0.4, 0.5) is 5.82 Å². The van der Waals surface area contributed by atoms with Gasteiger partial charge < -0.3 is 10.4 Å². The zero-order valence-electron chi connectivity index (χ0n) is 13.1. The average molecular weight is 318 g/mol. The highest BCUT2D eigenvalue weighted by Gasteiger charge is 2.19. The smallest absolute Gasteiger partial charge is 0.163 e. The summed E-state index contributed by atoms with van der Waals surface area (Å²) in [6.07, 6.45) is 8.54. The number of nitrogens with one attached hydrogen (secondary N) is 1. The fourth-order valence-corrected chi connectivity index (χ4v) is 3.00. The van der Waals surface area contributed by atoms with Crippen LogP contribution in [0.15, 0.2) is 60.9 Å². The van der Waals surface area contributed by atoms with Gasteiger partial charge in [0.15, 0.2) is 5.82 Å². The van der Waals surface area contributed by atoms with Gasteiger partial charge in [0.2, 0.25) is 0 Å². The Balaban J connectivity index is 1.74. The number of fused-ring (bicyclic) bond motifs is 1. The maximum absolute atomic E-state index is 9.30. The van der Waals surface area contributed by atoms with E-state index in [1.54, 1.807) is 12.4 Å². The first-order valence-electron chi connectivity index (χ1n) is 8.06. The molecule has 2 atom stereocenters. The number of hydrogen-bond acceptors (Lipinski definition) is 5. The molecule has 1 aromatic carbocycles. The van der Waals surface area contributed by atoms with Gasteiger partial charge in [-0.1, -0.05) is 24.3 Å². The number of aliphatic hydroxyl groups excluding tert-OH is 1. The van der Waals surface area contributed by atoms with E-state index in [4.69, 9.17) is 4.98 Å². The number of aliphatic hydroxyl groups is 1. The van der Waals surface area contributed by atoms with E-state index in [-0.39, 0.29) is 18.6 Å². The molecular weight excluding hydrogens is 300 g/mol. The highest BCUT2D eigenvalue weighted by atomic mass is 16.3. The molecule has 5 nitrogen and oxygen atoms in total. The summed E-state index contributed by atoms with van der Waals surface area (Å²) < 4.78 is 0. The average Bonchev–Trinajstić information content (AvgIpc) is 3.10. The Morgan fingerprint density at radius 1 is 1.08 bits per heavy atom. The molecule has 1 aliphatic carbocycles. The number of para-hydroxylation sites is 1. The molecule has 5 heteroatoms. The van der Waals surface area contributed by atoms with Crippen molar-refractivity contribution in [1.29, 1.82) is 0 Å². The van der Waals surface area contributed by atoms with E-state index in [9.17, 15) is 5.11 Å². The molecule has 1 aliphatic rings. The highest BCUT2D eigenvalue weighted by Crippen LogP contribution is 2.27. The van der Waals surface area contributed by atoms with Gasteiger partial charge in [0.05, 0.1) is 5.52 Å². The van der Waals surface area contributed by atoms with E-state index in [2.05, 4.69) is 27.4 Å². The minimum Gasteiger partial charge on any atom is -0.396 e. The lowest BCUT2D eigenvalue weighted by Crippen LogP contribution is -2.18. The van der Waals surface area contributed by atoms with E-state index in [1.165, 1.54) is 0 Å². The van der Waals surface area contributed by atoms with Gasteiger partial charge in [0, 0.05) is 41.9 Å². The quantitative estimate of drug-likeness (QED) is 0.724. The summed E-state index contributed by atoms with van der Waals surface area (Å²) in [5, 5.41) is 13.8. The third-order valence-corrected chi connectivity index (χ3v) is 4.25. The standard InChI is InChI=1S/C19H18N4O/c24-12-13-7-8-15(10-13)21-19-16-5-1-2-6-17(16)22-18(23-19)14-4-3-9-20-11-14/h1-9,11,13,15,24H,10,12H2,(H,21,22,23)/t13-,15+/m0/s1. The van der Waals surface area contributed by atoms with Crippen LogP contribution in [0.3, 0.4) is 0 Å². The molecule has 0 saturated heterocycles. The molecule has 24 heavy (non-hydrogen) atoms. The van der Waals surface area contributed by atoms with Gasteiger partial charge in [0.25, 0.3) is 0 Å². The Morgan fingerprint density at radius 3 is 2.79 bits per heavy atom. The lowest BCUT2D eigenvalue weighted by Gasteiger charge is -2.16. The first-order valence-corrected chi connectivity index (χ1v) is 8.06. The molecule has 0 unspecified atom stereocenters. The van der Waals surface area contributed by atoms with Crippen LogP contribution in [-0.4, -0.2) is 32.7 Å². The first kappa shape index (κ1) is 14.8. The van der Waals surface area contributed by atoms with E-state index in [0.29, 0.717) is 5.82 Å². The molecular formula is C19H18N4O. The largest absolute Gasteiger partial charge is 0.396 e. The predicted octanol–water partition coefficient (Wildman–Crippen LogP) is 3.04. The van der Waals surface area contributed by atoms with Gasteiger partial charge in [-0.25, -0.2) is 9.97 Å². The van der Waals surface area contributed by atoms with Crippen LogP contribution in [0.25, 0.3) is 22.3 Å². The molecule has 2 N–H and O–H groups in total. The number of aromatic nitrogens is 3.